The van der Waals surface area contributed by atoms with E-state index in [9.17, 15) is 19.6 Å². The van der Waals surface area contributed by atoms with Gasteiger partial charge in [-0.05, 0) is 36.1 Å². The third-order valence-electron chi connectivity index (χ3n) is 6.87. The first-order chi connectivity index (χ1) is 16.7. The number of nitriles is 1. The van der Waals surface area contributed by atoms with Crippen LogP contribution in [0.5, 0.6) is 5.75 Å². The molecular weight excluding hydrogens is 446 g/mol. The summed E-state index contributed by atoms with van der Waals surface area (Å²) in [5, 5.41) is 12.8. The van der Waals surface area contributed by atoms with Gasteiger partial charge in [0.1, 0.15) is 23.5 Å². The van der Waals surface area contributed by atoms with Crippen LogP contribution >= 0.6 is 0 Å². The first-order valence-electron chi connectivity index (χ1n) is 11.6. The fraction of sp³-hybridized carbons (Fsp3) is 0.423. The highest BCUT2D eigenvalue weighted by atomic mass is 16.5. The van der Waals surface area contributed by atoms with Gasteiger partial charge in [-0.1, -0.05) is 32.0 Å². The predicted octanol–water partition coefficient (Wildman–Crippen LogP) is 2.59. The van der Waals surface area contributed by atoms with E-state index in [0.717, 1.165) is 5.56 Å². The second-order valence-corrected chi connectivity index (χ2v) is 9.54. The summed E-state index contributed by atoms with van der Waals surface area (Å²) >= 11 is 0. The fourth-order valence-electron chi connectivity index (χ4n) is 5.00. The lowest BCUT2D eigenvalue weighted by atomic mass is 9.80. The number of carbonyl (C=O) groups is 3. The van der Waals surface area contributed by atoms with E-state index in [1.807, 2.05) is 38.1 Å². The van der Waals surface area contributed by atoms with Crippen molar-refractivity contribution in [3.8, 4) is 11.8 Å². The molecule has 0 radical (unpaired) electrons. The monoisotopic (exact) mass is 475 g/mol. The molecule has 9 nitrogen and oxygen atoms in total. The number of rotatable bonds is 6. The lowest BCUT2D eigenvalue weighted by molar-refractivity contribution is -0.136. The number of hydrogen-bond donors (Lipinski definition) is 1. The molecule has 0 bridgehead atoms. The van der Waals surface area contributed by atoms with E-state index in [-0.39, 0.29) is 36.4 Å². The Bertz CT molecular complexity index is 1190. The van der Waals surface area contributed by atoms with Gasteiger partial charge in [0, 0.05) is 25.7 Å². The van der Waals surface area contributed by atoms with Gasteiger partial charge in [0.25, 0.3) is 5.91 Å². The van der Waals surface area contributed by atoms with Crippen LogP contribution in [0.3, 0.4) is 0 Å². The molecule has 2 aromatic rings. The molecule has 3 amide bonds. The number of aromatic nitrogens is 1. The first kappa shape index (κ1) is 24.2. The molecule has 1 aromatic carbocycles. The Morgan fingerprint density at radius 3 is 2.69 bits per heavy atom. The SMILES string of the molecule is COc1ccc(C(=O)N(C)[C@@H](CC(C)C)C(=O)N2C[C@]3(C[C@H]2C#N)C(=O)Nc2ccccc23)nc1. The van der Waals surface area contributed by atoms with E-state index in [0.29, 0.717) is 17.9 Å². The summed E-state index contributed by atoms with van der Waals surface area (Å²) in [6, 6.07) is 11.2. The maximum atomic E-state index is 13.9. The number of para-hydroxylation sites is 1. The van der Waals surface area contributed by atoms with Crippen molar-refractivity contribution in [2.24, 2.45) is 5.92 Å². The molecule has 182 valence electrons. The maximum Gasteiger partial charge on any atom is 0.272 e. The van der Waals surface area contributed by atoms with Gasteiger partial charge < -0.3 is 19.9 Å². The number of methoxy groups -OCH3 is 1. The predicted molar refractivity (Wildman–Crippen MR) is 129 cm³/mol. The highest BCUT2D eigenvalue weighted by Crippen LogP contribution is 2.46. The molecule has 1 fully saturated rings. The van der Waals surface area contributed by atoms with Gasteiger partial charge in [-0.25, -0.2) is 4.98 Å². The Balaban J connectivity index is 1.64. The van der Waals surface area contributed by atoms with E-state index < -0.39 is 23.4 Å². The smallest absolute Gasteiger partial charge is 0.272 e. The summed E-state index contributed by atoms with van der Waals surface area (Å²) in [6.07, 6.45) is 2.07. The summed E-state index contributed by atoms with van der Waals surface area (Å²) in [5.74, 6) is -0.327. The van der Waals surface area contributed by atoms with Gasteiger partial charge in [0.05, 0.1) is 24.8 Å². The van der Waals surface area contributed by atoms with Crippen molar-refractivity contribution in [2.45, 2.75) is 44.2 Å². The van der Waals surface area contributed by atoms with E-state index in [1.165, 1.54) is 23.1 Å². The fourth-order valence-corrected chi connectivity index (χ4v) is 5.00. The zero-order valence-corrected chi connectivity index (χ0v) is 20.3. The number of ether oxygens (including phenoxy) is 1. The Kier molecular flexibility index (Phi) is 6.48. The van der Waals surface area contributed by atoms with E-state index in [2.05, 4.69) is 16.4 Å². The van der Waals surface area contributed by atoms with Crippen LogP contribution in [0.4, 0.5) is 5.69 Å². The van der Waals surface area contributed by atoms with Crippen LogP contribution in [0.25, 0.3) is 0 Å². The molecule has 2 aliphatic heterocycles. The number of hydrogen-bond acceptors (Lipinski definition) is 6. The van der Waals surface area contributed by atoms with Gasteiger partial charge in [-0.3, -0.25) is 14.4 Å². The van der Waals surface area contributed by atoms with Crippen LogP contribution in [0, 0.1) is 17.2 Å². The van der Waals surface area contributed by atoms with Crippen LogP contribution in [0.1, 0.15) is 42.7 Å². The topological polar surface area (TPSA) is 116 Å². The largest absolute Gasteiger partial charge is 0.495 e. The Hall–Kier alpha value is -3.93. The van der Waals surface area contributed by atoms with Gasteiger partial charge in [0.2, 0.25) is 11.8 Å². The quantitative estimate of drug-likeness (QED) is 0.687. The zero-order chi connectivity index (χ0) is 25.3. The molecule has 1 N–H and O–H groups in total. The van der Waals surface area contributed by atoms with Gasteiger partial charge in [0.15, 0.2) is 0 Å². The van der Waals surface area contributed by atoms with Gasteiger partial charge in [-0.15, -0.1) is 0 Å². The third-order valence-corrected chi connectivity index (χ3v) is 6.87. The number of anilines is 1. The lowest BCUT2D eigenvalue weighted by Crippen LogP contribution is -2.52. The van der Waals surface area contributed by atoms with E-state index in [1.54, 1.807) is 19.2 Å². The number of benzene rings is 1. The number of pyridine rings is 1. The van der Waals surface area contributed by atoms with Crippen molar-refractivity contribution in [2.75, 3.05) is 26.0 Å². The number of nitrogens with one attached hydrogen (secondary N) is 1. The highest BCUT2D eigenvalue weighted by molar-refractivity contribution is 6.07. The average molecular weight is 476 g/mol. The molecule has 35 heavy (non-hydrogen) atoms. The van der Waals surface area contributed by atoms with Gasteiger partial charge >= 0.3 is 0 Å². The van der Waals surface area contributed by atoms with Gasteiger partial charge in [-0.2, -0.15) is 5.26 Å². The Morgan fingerprint density at radius 1 is 1.31 bits per heavy atom. The van der Waals surface area contributed by atoms with Crippen molar-refractivity contribution in [3.63, 3.8) is 0 Å². The molecule has 3 heterocycles. The molecule has 9 heteroatoms. The molecule has 1 saturated heterocycles. The number of fused-ring (bicyclic) bond motifs is 2. The molecule has 1 aromatic heterocycles. The number of amides is 3. The van der Waals surface area contributed by atoms with Crippen LogP contribution in [0.2, 0.25) is 0 Å². The van der Waals surface area contributed by atoms with Crippen molar-refractivity contribution in [1.29, 1.82) is 5.26 Å². The second-order valence-electron chi connectivity index (χ2n) is 9.54. The van der Waals surface area contributed by atoms with E-state index >= 15 is 0 Å². The maximum absolute atomic E-state index is 13.9. The molecule has 0 saturated carbocycles. The summed E-state index contributed by atoms with van der Waals surface area (Å²) in [7, 11) is 3.09. The summed E-state index contributed by atoms with van der Waals surface area (Å²) < 4.78 is 5.11. The minimum absolute atomic E-state index is 0.0876. The lowest BCUT2D eigenvalue weighted by Gasteiger charge is -2.33. The van der Waals surface area contributed by atoms with Crippen LogP contribution < -0.4 is 10.1 Å². The molecule has 2 aliphatic rings. The molecule has 1 spiro atoms. The normalized spacial score (nSPS) is 21.4. The standard InChI is InChI=1S/C26H29N5O4/c1-16(2)11-22(30(3)23(32)21-10-9-18(35-4)14-28-21)24(33)31-15-26(12-17(31)13-27)19-7-5-6-8-20(19)29-25(26)34/h5-10,14,16-17,22H,11-12,15H2,1-4H3,(H,29,34)/t17-,22-,26-/m0/s1. The number of likely N-dealkylation sites (tertiary alicyclic amines) is 1. The van der Waals surface area contributed by atoms with E-state index in [4.69, 9.17) is 4.74 Å². The summed E-state index contributed by atoms with van der Waals surface area (Å²) in [6.45, 7) is 4.03. The highest BCUT2D eigenvalue weighted by Gasteiger charge is 2.56. The Morgan fingerprint density at radius 2 is 2.06 bits per heavy atom. The second kappa shape index (κ2) is 9.37. The minimum atomic E-state index is -0.977. The summed E-state index contributed by atoms with van der Waals surface area (Å²) in [4.78, 5) is 47.2. The molecule has 4 rings (SSSR count). The number of likely N-dealkylation sites (N-methyl/N-ethyl adjacent to an activating group) is 1. The zero-order valence-electron chi connectivity index (χ0n) is 20.3. The Labute approximate surface area is 204 Å². The van der Waals surface area contributed by atoms with Crippen molar-refractivity contribution in [3.05, 3.63) is 53.9 Å². The number of carbonyl (C=O) groups excluding carboxylic acids is 3. The minimum Gasteiger partial charge on any atom is -0.495 e. The number of nitrogens with zero attached hydrogens (tertiary/aromatic N) is 4. The molecule has 0 aliphatic carbocycles. The molecule has 0 unspecified atom stereocenters. The van der Waals surface area contributed by atoms with Crippen LogP contribution in [0.15, 0.2) is 42.6 Å². The third kappa shape index (κ3) is 4.20. The van der Waals surface area contributed by atoms with Crippen molar-refractivity contribution in [1.82, 2.24) is 14.8 Å². The van der Waals surface area contributed by atoms with Crippen LogP contribution in [-0.4, -0.2) is 65.3 Å². The molecule has 3 atom stereocenters. The summed E-state index contributed by atoms with van der Waals surface area (Å²) in [5.41, 5.74) is 0.719. The first-order valence-corrected chi connectivity index (χ1v) is 11.6. The average Bonchev–Trinajstić information content (AvgIpc) is 3.39. The van der Waals surface area contributed by atoms with Crippen LogP contribution in [-0.2, 0) is 15.0 Å². The van der Waals surface area contributed by atoms with Crippen molar-refractivity contribution < 1.29 is 19.1 Å². The van der Waals surface area contributed by atoms with Crippen molar-refractivity contribution >= 4 is 23.4 Å². The molecular formula is C26H29N5O4.